The molecule has 1 rings (SSSR count). The fourth-order valence-corrected chi connectivity index (χ4v) is 1.57. The Hall–Kier alpha value is -0.900. The van der Waals surface area contributed by atoms with Crippen LogP contribution in [0.4, 0.5) is 0 Å². The Labute approximate surface area is 92.3 Å². The zero-order chi connectivity index (χ0) is 10.6. The van der Waals surface area contributed by atoms with E-state index in [1.165, 1.54) is 0 Å². The number of aryl methyl sites for hydroxylation is 1. The van der Waals surface area contributed by atoms with Gasteiger partial charge in [-0.1, -0.05) is 15.9 Å². The SMILES string of the molecule is Cc1ccc(C(=O)N(C)CCBr)cn1. The fourth-order valence-electron chi connectivity index (χ4n) is 1.04. The van der Waals surface area contributed by atoms with E-state index < -0.39 is 0 Å². The van der Waals surface area contributed by atoms with Crippen molar-refractivity contribution in [1.29, 1.82) is 0 Å². The van der Waals surface area contributed by atoms with E-state index >= 15 is 0 Å². The number of rotatable bonds is 3. The second-order valence-corrected chi connectivity index (χ2v) is 3.90. The maximum Gasteiger partial charge on any atom is 0.255 e. The van der Waals surface area contributed by atoms with Gasteiger partial charge in [-0.25, -0.2) is 0 Å². The van der Waals surface area contributed by atoms with Gasteiger partial charge in [0.1, 0.15) is 0 Å². The van der Waals surface area contributed by atoms with E-state index in [9.17, 15) is 4.79 Å². The number of hydrogen-bond donors (Lipinski definition) is 0. The molecule has 0 spiro atoms. The van der Waals surface area contributed by atoms with Crippen LogP contribution in [-0.4, -0.2) is 34.7 Å². The molecule has 0 radical (unpaired) electrons. The van der Waals surface area contributed by atoms with Crippen LogP contribution >= 0.6 is 15.9 Å². The van der Waals surface area contributed by atoms with Crippen LogP contribution in [-0.2, 0) is 0 Å². The highest BCUT2D eigenvalue weighted by Gasteiger charge is 2.10. The average Bonchev–Trinajstić information content (AvgIpc) is 2.18. The maximum absolute atomic E-state index is 11.7. The van der Waals surface area contributed by atoms with Crippen LogP contribution in [0.15, 0.2) is 18.3 Å². The van der Waals surface area contributed by atoms with Crippen molar-refractivity contribution in [1.82, 2.24) is 9.88 Å². The van der Waals surface area contributed by atoms with Gasteiger partial charge in [-0.15, -0.1) is 0 Å². The van der Waals surface area contributed by atoms with E-state index in [0.29, 0.717) is 12.1 Å². The molecule has 0 saturated heterocycles. The van der Waals surface area contributed by atoms with Crippen molar-refractivity contribution in [3.8, 4) is 0 Å². The highest BCUT2D eigenvalue weighted by atomic mass is 79.9. The summed E-state index contributed by atoms with van der Waals surface area (Å²) in [4.78, 5) is 17.5. The smallest absolute Gasteiger partial charge is 0.255 e. The summed E-state index contributed by atoms with van der Waals surface area (Å²) in [7, 11) is 1.78. The third-order valence-electron chi connectivity index (χ3n) is 1.92. The van der Waals surface area contributed by atoms with E-state index in [2.05, 4.69) is 20.9 Å². The van der Waals surface area contributed by atoms with Gasteiger partial charge in [0, 0.05) is 30.8 Å². The predicted molar refractivity (Wildman–Crippen MR) is 59.7 cm³/mol. The number of alkyl halides is 1. The Kier molecular flexibility index (Phi) is 4.07. The minimum absolute atomic E-state index is 0.0111. The second-order valence-electron chi connectivity index (χ2n) is 3.10. The van der Waals surface area contributed by atoms with Crippen LogP contribution in [0.2, 0.25) is 0 Å². The zero-order valence-corrected chi connectivity index (χ0v) is 9.91. The molecule has 1 aromatic heterocycles. The van der Waals surface area contributed by atoms with Crippen LogP contribution in [0, 0.1) is 6.92 Å². The molecule has 0 aromatic carbocycles. The number of pyridine rings is 1. The first-order valence-electron chi connectivity index (χ1n) is 4.39. The van der Waals surface area contributed by atoms with Crippen LogP contribution < -0.4 is 0 Å². The van der Waals surface area contributed by atoms with Gasteiger partial charge in [-0.2, -0.15) is 0 Å². The van der Waals surface area contributed by atoms with Gasteiger partial charge in [-0.3, -0.25) is 9.78 Å². The number of halogens is 1. The lowest BCUT2D eigenvalue weighted by molar-refractivity contribution is 0.0803. The van der Waals surface area contributed by atoms with Gasteiger partial charge >= 0.3 is 0 Å². The second kappa shape index (κ2) is 5.10. The van der Waals surface area contributed by atoms with Crippen LogP contribution in [0.3, 0.4) is 0 Å². The number of aromatic nitrogens is 1. The Morgan fingerprint density at radius 3 is 2.79 bits per heavy atom. The summed E-state index contributed by atoms with van der Waals surface area (Å²) in [5, 5.41) is 0.786. The first-order valence-corrected chi connectivity index (χ1v) is 5.51. The van der Waals surface area contributed by atoms with Crippen LogP contribution in [0.1, 0.15) is 16.1 Å². The first-order chi connectivity index (χ1) is 6.65. The lowest BCUT2D eigenvalue weighted by atomic mass is 10.2. The molecule has 0 aliphatic heterocycles. The van der Waals surface area contributed by atoms with Crippen molar-refractivity contribution in [2.75, 3.05) is 18.9 Å². The third-order valence-corrected chi connectivity index (χ3v) is 2.28. The molecular formula is C10H13BrN2O. The lowest BCUT2D eigenvalue weighted by Gasteiger charge is -2.15. The molecule has 0 aliphatic rings. The van der Waals surface area contributed by atoms with Gasteiger partial charge < -0.3 is 4.90 Å². The van der Waals surface area contributed by atoms with Crippen molar-refractivity contribution in [3.63, 3.8) is 0 Å². The molecule has 0 N–H and O–H groups in total. The molecule has 0 fully saturated rings. The molecule has 1 amide bonds. The first kappa shape index (κ1) is 11.2. The fraction of sp³-hybridized carbons (Fsp3) is 0.400. The number of carbonyl (C=O) groups excluding carboxylic acids is 1. The number of nitrogens with zero attached hydrogens (tertiary/aromatic N) is 2. The van der Waals surface area contributed by atoms with Gasteiger partial charge in [-0.05, 0) is 19.1 Å². The average molecular weight is 257 g/mol. The molecule has 0 aliphatic carbocycles. The molecule has 1 aromatic rings. The summed E-state index contributed by atoms with van der Waals surface area (Å²) in [6, 6.07) is 3.64. The minimum atomic E-state index is 0.0111. The quantitative estimate of drug-likeness (QED) is 0.774. The number of amides is 1. The van der Waals surface area contributed by atoms with Crippen LogP contribution in [0.5, 0.6) is 0 Å². The molecule has 14 heavy (non-hydrogen) atoms. The molecule has 1 heterocycles. The Morgan fingerprint density at radius 1 is 1.57 bits per heavy atom. The molecule has 0 saturated carbocycles. The molecular weight excluding hydrogens is 244 g/mol. The van der Waals surface area contributed by atoms with E-state index in [1.54, 1.807) is 24.2 Å². The third kappa shape index (κ3) is 2.80. The largest absolute Gasteiger partial charge is 0.341 e. The summed E-state index contributed by atoms with van der Waals surface area (Å²) < 4.78 is 0. The van der Waals surface area contributed by atoms with E-state index in [0.717, 1.165) is 11.0 Å². The van der Waals surface area contributed by atoms with Crippen molar-refractivity contribution < 1.29 is 4.79 Å². The van der Waals surface area contributed by atoms with Gasteiger partial charge in [0.15, 0.2) is 0 Å². The molecule has 76 valence electrons. The topological polar surface area (TPSA) is 33.2 Å². The molecule has 0 unspecified atom stereocenters. The van der Waals surface area contributed by atoms with Gasteiger partial charge in [0.25, 0.3) is 5.91 Å². The highest BCUT2D eigenvalue weighted by molar-refractivity contribution is 9.09. The highest BCUT2D eigenvalue weighted by Crippen LogP contribution is 2.03. The molecule has 0 atom stereocenters. The van der Waals surface area contributed by atoms with Gasteiger partial charge in [0.2, 0.25) is 0 Å². The lowest BCUT2D eigenvalue weighted by Crippen LogP contribution is -2.28. The normalized spacial score (nSPS) is 9.93. The number of hydrogen-bond acceptors (Lipinski definition) is 2. The standard InChI is InChI=1S/C10H13BrN2O/c1-8-3-4-9(7-12-8)10(14)13(2)6-5-11/h3-4,7H,5-6H2,1-2H3. The Balaban J connectivity index is 2.74. The van der Waals surface area contributed by atoms with Gasteiger partial charge in [0.05, 0.1) is 5.56 Å². The van der Waals surface area contributed by atoms with Crippen molar-refractivity contribution in [3.05, 3.63) is 29.6 Å². The summed E-state index contributed by atoms with van der Waals surface area (Å²) in [6.07, 6.45) is 1.61. The Bertz CT molecular complexity index is 310. The number of carbonyl (C=O) groups is 1. The maximum atomic E-state index is 11.7. The molecule has 0 bridgehead atoms. The summed E-state index contributed by atoms with van der Waals surface area (Å²) in [5.41, 5.74) is 1.56. The molecule has 4 heteroatoms. The summed E-state index contributed by atoms with van der Waals surface area (Å²) >= 11 is 3.29. The van der Waals surface area contributed by atoms with Crippen LogP contribution in [0.25, 0.3) is 0 Å². The van der Waals surface area contributed by atoms with E-state index in [1.807, 2.05) is 13.0 Å². The van der Waals surface area contributed by atoms with Crippen molar-refractivity contribution in [2.24, 2.45) is 0 Å². The van der Waals surface area contributed by atoms with E-state index in [4.69, 9.17) is 0 Å². The minimum Gasteiger partial charge on any atom is -0.341 e. The zero-order valence-electron chi connectivity index (χ0n) is 8.33. The summed E-state index contributed by atoms with van der Waals surface area (Å²) in [5.74, 6) is 0.0111. The van der Waals surface area contributed by atoms with E-state index in [-0.39, 0.29) is 5.91 Å². The Morgan fingerprint density at radius 2 is 2.29 bits per heavy atom. The molecule has 3 nitrogen and oxygen atoms in total. The van der Waals surface area contributed by atoms with Crippen molar-refractivity contribution >= 4 is 21.8 Å². The van der Waals surface area contributed by atoms with Crippen molar-refractivity contribution in [2.45, 2.75) is 6.92 Å². The summed E-state index contributed by atoms with van der Waals surface area (Å²) in [6.45, 7) is 2.60. The predicted octanol–water partition coefficient (Wildman–Crippen LogP) is 1.86. The monoisotopic (exact) mass is 256 g/mol.